The number of anilines is 1. The Labute approximate surface area is 145 Å². The highest BCUT2D eigenvalue weighted by Crippen LogP contribution is 2.23. The van der Waals surface area contributed by atoms with Crippen LogP contribution < -0.4 is 5.32 Å². The van der Waals surface area contributed by atoms with Gasteiger partial charge in [0.1, 0.15) is 17.0 Å². The van der Waals surface area contributed by atoms with Crippen LogP contribution in [-0.4, -0.2) is 47.2 Å². The van der Waals surface area contributed by atoms with Gasteiger partial charge in [-0.1, -0.05) is 30.3 Å². The molecule has 5 nitrogen and oxygen atoms in total. The van der Waals surface area contributed by atoms with Crippen molar-refractivity contribution in [3.8, 4) is 0 Å². The number of hydrogen-bond donors (Lipinski definition) is 1. The predicted octanol–water partition coefficient (Wildman–Crippen LogP) is 3.00. The molecule has 1 aliphatic rings. The van der Waals surface area contributed by atoms with E-state index in [-0.39, 0.29) is 6.10 Å². The zero-order valence-corrected chi connectivity index (χ0v) is 14.2. The first kappa shape index (κ1) is 15.5. The fourth-order valence-electron chi connectivity index (χ4n) is 3.03. The second kappa shape index (κ2) is 7.25. The molecule has 0 saturated carbocycles. The number of fused-ring (bicyclic) bond motifs is 1. The van der Waals surface area contributed by atoms with E-state index in [9.17, 15) is 0 Å². The Morgan fingerprint density at radius 3 is 3.04 bits per heavy atom. The Kier molecular flexibility index (Phi) is 4.69. The number of thiophene rings is 1. The van der Waals surface area contributed by atoms with Gasteiger partial charge >= 0.3 is 0 Å². The minimum absolute atomic E-state index is 0.172. The Bertz CT molecular complexity index is 792. The Morgan fingerprint density at radius 1 is 1.21 bits per heavy atom. The summed E-state index contributed by atoms with van der Waals surface area (Å²) in [6, 6.07) is 12.7. The quantitative estimate of drug-likeness (QED) is 0.774. The highest BCUT2D eigenvalue weighted by molar-refractivity contribution is 7.16. The molecule has 4 rings (SSSR count). The summed E-state index contributed by atoms with van der Waals surface area (Å²) >= 11 is 1.63. The summed E-state index contributed by atoms with van der Waals surface area (Å²) in [5.74, 6) is 0.894. The van der Waals surface area contributed by atoms with Crippen LogP contribution in [-0.2, 0) is 11.3 Å². The first-order valence-corrected chi connectivity index (χ1v) is 9.06. The van der Waals surface area contributed by atoms with Crippen LogP contribution >= 0.6 is 11.3 Å². The standard InChI is InChI=1S/C18H20N4OS/c1-2-4-14(5-3-1)11-22-7-8-23-15(12-22)10-19-17-16-6-9-24-18(16)21-13-20-17/h1-6,9,13,15H,7-8,10-12H2,(H,19,20,21)/t15-/m0/s1. The molecule has 0 aliphatic carbocycles. The lowest BCUT2D eigenvalue weighted by Crippen LogP contribution is -2.44. The molecule has 1 N–H and O–H groups in total. The first-order chi connectivity index (χ1) is 11.9. The van der Waals surface area contributed by atoms with Gasteiger partial charge in [0.15, 0.2) is 0 Å². The first-order valence-electron chi connectivity index (χ1n) is 8.18. The molecule has 3 heterocycles. The third-order valence-electron chi connectivity index (χ3n) is 4.23. The second-order valence-electron chi connectivity index (χ2n) is 5.96. The monoisotopic (exact) mass is 340 g/mol. The summed E-state index contributed by atoms with van der Waals surface area (Å²) in [7, 11) is 0. The number of nitrogens with zero attached hydrogens (tertiary/aromatic N) is 3. The van der Waals surface area contributed by atoms with E-state index in [1.807, 2.05) is 5.38 Å². The van der Waals surface area contributed by atoms with Gasteiger partial charge in [0.25, 0.3) is 0 Å². The van der Waals surface area contributed by atoms with Crippen LogP contribution in [0.3, 0.4) is 0 Å². The molecule has 0 spiro atoms. The van der Waals surface area contributed by atoms with Crippen LogP contribution in [0.25, 0.3) is 10.2 Å². The molecule has 1 fully saturated rings. The molecule has 1 aromatic carbocycles. The van der Waals surface area contributed by atoms with E-state index in [4.69, 9.17) is 4.74 Å². The van der Waals surface area contributed by atoms with Crippen molar-refractivity contribution in [1.29, 1.82) is 0 Å². The number of hydrogen-bond acceptors (Lipinski definition) is 6. The molecule has 1 atom stereocenters. The van der Waals surface area contributed by atoms with Gasteiger partial charge < -0.3 is 10.1 Å². The van der Waals surface area contributed by atoms with Crippen LogP contribution in [0.5, 0.6) is 0 Å². The van der Waals surface area contributed by atoms with Gasteiger partial charge in [0, 0.05) is 26.2 Å². The molecule has 0 bridgehead atoms. The van der Waals surface area contributed by atoms with Gasteiger partial charge in [-0.25, -0.2) is 9.97 Å². The van der Waals surface area contributed by atoms with Gasteiger partial charge in [0.2, 0.25) is 0 Å². The maximum atomic E-state index is 5.92. The van der Waals surface area contributed by atoms with Crippen molar-refractivity contribution in [3.05, 3.63) is 53.7 Å². The van der Waals surface area contributed by atoms with Crippen LogP contribution in [0, 0.1) is 0 Å². The number of benzene rings is 1. The Hall–Kier alpha value is -2.02. The molecule has 0 amide bonds. The van der Waals surface area contributed by atoms with E-state index >= 15 is 0 Å². The average molecular weight is 340 g/mol. The fraction of sp³-hybridized carbons (Fsp3) is 0.333. The van der Waals surface area contributed by atoms with Crippen molar-refractivity contribution >= 4 is 27.4 Å². The molecule has 1 aliphatic heterocycles. The summed E-state index contributed by atoms with van der Waals surface area (Å²) in [4.78, 5) is 12.1. The average Bonchev–Trinajstić information content (AvgIpc) is 3.10. The number of morpholine rings is 1. The van der Waals surface area contributed by atoms with Crippen LogP contribution in [0.15, 0.2) is 48.1 Å². The third kappa shape index (κ3) is 3.56. The third-order valence-corrected chi connectivity index (χ3v) is 5.05. The summed E-state index contributed by atoms with van der Waals surface area (Å²) in [5.41, 5.74) is 1.35. The normalized spacial score (nSPS) is 18.8. The smallest absolute Gasteiger partial charge is 0.138 e. The second-order valence-corrected chi connectivity index (χ2v) is 6.85. The minimum Gasteiger partial charge on any atom is -0.374 e. The van der Waals surface area contributed by atoms with E-state index in [0.717, 1.165) is 48.8 Å². The Morgan fingerprint density at radius 2 is 2.12 bits per heavy atom. The molecular weight excluding hydrogens is 320 g/mol. The van der Waals surface area contributed by atoms with Crippen molar-refractivity contribution in [2.75, 3.05) is 31.6 Å². The molecule has 3 aromatic rings. The molecule has 24 heavy (non-hydrogen) atoms. The largest absolute Gasteiger partial charge is 0.374 e. The van der Waals surface area contributed by atoms with Gasteiger partial charge in [-0.3, -0.25) is 4.90 Å². The number of nitrogens with one attached hydrogen (secondary N) is 1. The minimum atomic E-state index is 0.172. The maximum Gasteiger partial charge on any atom is 0.138 e. The van der Waals surface area contributed by atoms with E-state index in [1.165, 1.54) is 5.56 Å². The SMILES string of the molecule is c1ccc(CN2CCO[C@@H](CNc3ncnc4sccc34)C2)cc1. The zero-order valence-electron chi connectivity index (χ0n) is 13.4. The highest BCUT2D eigenvalue weighted by atomic mass is 32.1. The molecular formula is C18H20N4OS. The van der Waals surface area contributed by atoms with Crippen molar-refractivity contribution in [2.45, 2.75) is 12.6 Å². The van der Waals surface area contributed by atoms with Crippen molar-refractivity contribution < 1.29 is 4.74 Å². The molecule has 1 saturated heterocycles. The van der Waals surface area contributed by atoms with Gasteiger partial charge in [-0.15, -0.1) is 11.3 Å². The van der Waals surface area contributed by atoms with E-state index in [2.05, 4.69) is 56.6 Å². The molecule has 0 unspecified atom stereocenters. The highest BCUT2D eigenvalue weighted by Gasteiger charge is 2.20. The van der Waals surface area contributed by atoms with Crippen LogP contribution in [0.4, 0.5) is 5.82 Å². The lowest BCUT2D eigenvalue weighted by atomic mass is 10.2. The van der Waals surface area contributed by atoms with Crippen molar-refractivity contribution in [3.63, 3.8) is 0 Å². The number of ether oxygens (including phenoxy) is 1. The fourth-order valence-corrected chi connectivity index (χ4v) is 3.76. The van der Waals surface area contributed by atoms with Crippen molar-refractivity contribution in [1.82, 2.24) is 14.9 Å². The van der Waals surface area contributed by atoms with Gasteiger partial charge in [-0.2, -0.15) is 0 Å². The predicted molar refractivity (Wildman–Crippen MR) is 97.4 cm³/mol. The maximum absolute atomic E-state index is 5.92. The van der Waals surface area contributed by atoms with Gasteiger partial charge in [-0.05, 0) is 17.0 Å². The van der Waals surface area contributed by atoms with Crippen LogP contribution in [0.1, 0.15) is 5.56 Å². The topological polar surface area (TPSA) is 50.3 Å². The molecule has 124 valence electrons. The van der Waals surface area contributed by atoms with Crippen LogP contribution in [0.2, 0.25) is 0 Å². The summed E-state index contributed by atoms with van der Waals surface area (Å²) < 4.78 is 5.92. The lowest BCUT2D eigenvalue weighted by Gasteiger charge is -2.33. The van der Waals surface area contributed by atoms with Crippen molar-refractivity contribution in [2.24, 2.45) is 0 Å². The van der Waals surface area contributed by atoms with E-state index in [0.29, 0.717) is 0 Å². The zero-order chi connectivity index (χ0) is 16.2. The summed E-state index contributed by atoms with van der Waals surface area (Å²) in [6.07, 6.45) is 1.79. The number of aromatic nitrogens is 2. The number of rotatable bonds is 5. The Balaban J connectivity index is 1.36. The summed E-state index contributed by atoms with van der Waals surface area (Å²) in [5, 5.41) is 6.56. The van der Waals surface area contributed by atoms with E-state index < -0.39 is 0 Å². The lowest BCUT2D eigenvalue weighted by molar-refractivity contribution is -0.0240. The molecule has 6 heteroatoms. The van der Waals surface area contributed by atoms with Gasteiger partial charge in [0.05, 0.1) is 18.1 Å². The molecule has 2 aromatic heterocycles. The summed E-state index contributed by atoms with van der Waals surface area (Å²) in [6.45, 7) is 4.42. The molecule has 0 radical (unpaired) electrons. The van der Waals surface area contributed by atoms with E-state index in [1.54, 1.807) is 17.7 Å².